The van der Waals surface area contributed by atoms with E-state index in [4.69, 9.17) is 0 Å². The summed E-state index contributed by atoms with van der Waals surface area (Å²) in [4.78, 5) is 22.2. The van der Waals surface area contributed by atoms with E-state index in [0.29, 0.717) is 0 Å². The molecule has 1 aliphatic rings. The van der Waals surface area contributed by atoms with Gasteiger partial charge in [0, 0.05) is 24.3 Å². The van der Waals surface area contributed by atoms with Crippen LogP contribution in [-0.4, -0.2) is 27.3 Å². The summed E-state index contributed by atoms with van der Waals surface area (Å²) < 4.78 is 0. The SMILES string of the molecule is O=C(c1c[nH]c2ncccc12)N1CCCC1c1ccsc1. The van der Waals surface area contributed by atoms with Crippen molar-refractivity contribution in [1.82, 2.24) is 14.9 Å². The van der Waals surface area contributed by atoms with Gasteiger partial charge in [-0.1, -0.05) is 0 Å². The minimum Gasteiger partial charge on any atom is -0.345 e. The number of hydrogen-bond acceptors (Lipinski definition) is 3. The van der Waals surface area contributed by atoms with Gasteiger partial charge in [-0.05, 0) is 47.4 Å². The summed E-state index contributed by atoms with van der Waals surface area (Å²) in [5, 5.41) is 5.12. The number of aromatic nitrogens is 2. The summed E-state index contributed by atoms with van der Waals surface area (Å²) in [7, 11) is 0. The molecular formula is C16H15N3OS. The van der Waals surface area contributed by atoms with Gasteiger partial charge in [0.05, 0.1) is 11.6 Å². The predicted octanol–water partition coefficient (Wildman–Crippen LogP) is 3.60. The third kappa shape index (κ3) is 2.05. The summed E-state index contributed by atoms with van der Waals surface area (Å²) >= 11 is 1.69. The highest BCUT2D eigenvalue weighted by Gasteiger charge is 2.31. The van der Waals surface area contributed by atoms with Crippen LogP contribution in [0, 0.1) is 0 Å². The highest BCUT2D eigenvalue weighted by molar-refractivity contribution is 7.08. The van der Waals surface area contributed by atoms with Crippen molar-refractivity contribution in [2.45, 2.75) is 18.9 Å². The monoisotopic (exact) mass is 297 g/mol. The van der Waals surface area contributed by atoms with Gasteiger partial charge in [-0.15, -0.1) is 0 Å². The Morgan fingerprint density at radius 2 is 2.38 bits per heavy atom. The third-order valence-electron chi connectivity index (χ3n) is 4.12. The predicted molar refractivity (Wildman–Crippen MR) is 83.4 cm³/mol. The van der Waals surface area contributed by atoms with E-state index >= 15 is 0 Å². The van der Waals surface area contributed by atoms with Crippen LogP contribution in [0.4, 0.5) is 0 Å². The average molecular weight is 297 g/mol. The van der Waals surface area contributed by atoms with Crippen molar-refractivity contribution in [3.8, 4) is 0 Å². The zero-order valence-electron chi connectivity index (χ0n) is 11.5. The van der Waals surface area contributed by atoms with Crippen LogP contribution in [-0.2, 0) is 0 Å². The molecule has 1 unspecified atom stereocenters. The van der Waals surface area contributed by atoms with Crippen molar-refractivity contribution in [3.05, 3.63) is 52.5 Å². The summed E-state index contributed by atoms with van der Waals surface area (Å²) in [5.41, 5.74) is 2.75. The molecule has 3 aromatic rings. The van der Waals surface area contributed by atoms with Gasteiger partial charge >= 0.3 is 0 Å². The van der Waals surface area contributed by atoms with Crippen molar-refractivity contribution in [3.63, 3.8) is 0 Å². The van der Waals surface area contributed by atoms with Crippen LogP contribution in [0.3, 0.4) is 0 Å². The average Bonchev–Trinajstić information content (AvgIpc) is 3.25. The van der Waals surface area contributed by atoms with Crippen LogP contribution < -0.4 is 0 Å². The van der Waals surface area contributed by atoms with E-state index < -0.39 is 0 Å². The molecule has 1 saturated heterocycles. The number of likely N-dealkylation sites (tertiary alicyclic amines) is 1. The number of carbonyl (C=O) groups is 1. The molecule has 1 aliphatic heterocycles. The van der Waals surface area contributed by atoms with Gasteiger partial charge in [0.2, 0.25) is 0 Å². The number of fused-ring (bicyclic) bond motifs is 1. The largest absolute Gasteiger partial charge is 0.345 e. The van der Waals surface area contributed by atoms with Gasteiger partial charge in [0.25, 0.3) is 5.91 Å². The van der Waals surface area contributed by atoms with E-state index in [1.165, 1.54) is 5.56 Å². The van der Waals surface area contributed by atoms with Crippen molar-refractivity contribution >= 4 is 28.3 Å². The number of rotatable bonds is 2. The molecule has 4 nitrogen and oxygen atoms in total. The van der Waals surface area contributed by atoms with E-state index in [1.54, 1.807) is 23.7 Å². The Kier molecular flexibility index (Phi) is 3.00. The molecule has 1 fully saturated rings. The number of nitrogens with zero attached hydrogens (tertiary/aromatic N) is 2. The van der Waals surface area contributed by atoms with Crippen LogP contribution in [0.25, 0.3) is 11.0 Å². The quantitative estimate of drug-likeness (QED) is 0.785. The Labute approximate surface area is 126 Å². The molecule has 3 aromatic heterocycles. The van der Waals surface area contributed by atoms with Crippen molar-refractivity contribution in [1.29, 1.82) is 0 Å². The number of aromatic amines is 1. The lowest BCUT2D eigenvalue weighted by Gasteiger charge is -2.24. The van der Waals surface area contributed by atoms with Crippen LogP contribution in [0.2, 0.25) is 0 Å². The van der Waals surface area contributed by atoms with Gasteiger partial charge in [-0.25, -0.2) is 4.98 Å². The molecule has 1 atom stereocenters. The lowest BCUT2D eigenvalue weighted by molar-refractivity contribution is 0.0738. The van der Waals surface area contributed by atoms with Gasteiger partial charge in [0.15, 0.2) is 0 Å². The fourth-order valence-corrected chi connectivity index (χ4v) is 3.82. The molecule has 0 spiro atoms. The van der Waals surface area contributed by atoms with E-state index in [0.717, 1.165) is 36.0 Å². The number of nitrogens with one attached hydrogen (secondary N) is 1. The molecule has 106 valence electrons. The molecule has 4 heterocycles. The molecule has 5 heteroatoms. The van der Waals surface area contributed by atoms with Gasteiger partial charge in [0.1, 0.15) is 5.65 Å². The Bertz CT molecular complexity index is 778. The van der Waals surface area contributed by atoms with E-state index in [-0.39, 0.29) is 11.9 Å². The maximum absolute atomic E-state index is 12.9. The molecule has 1 N–H and O–H groups in total. The normalized spacial score (nSPS) is 18.5. The molecule has 0 saturated carbocycles. The highest BCUT2D eigenvalue weighted by Crippen LogP contribution is 2.34. The Morgan fingerprint density at radius 3 is 3.24 bits per heavy atom. The van der Waals surface area contributed by atoms with E-state index in [2.05, 4.69) is 26.8 Å². The van der Waals surface area contributed by atoms with Crippen LogP contribution in [0.1, 0.15) is 34.8 Å². The topological polar surface area (TPSA) is 49.0 Å². The molecule has 0 radical (unpaired) electrons. The van der Waals surface area contributed by atoms with E-state index in [9.17, 15) is 4.79 Å². The van der Waals surface area contributed by atoms with Gasteiger partial charge < -0.3 is 9.88 Å². The van der Waals surface area contributed by atoms with Crippen molar-refractivity contribution in [2.24, 2.45) is 0 Å². The first kappa shape index (κ1) is 12.6. The first-order valence-corrected chi connectivity index (χ1v) is 8.04. The second kappa shape index (κ2) is 5.00. The number of thiophene rings is 1. The fraction of sp³-hybridized carbons (Fsp3) is 0.250. The Balaban J connectivity index is 1.71. The molecule has 0 aliphatic carbocycles. The highest BCUT2D eigenvalue weighted by atomic mass is 32.1. The first-order chi connectivity index (χ1) is 10.3. The first-order valence-electron chi connectivity index (χ1n) is 7.10. The van der Waals surface area contributed by atoms with E-state index in [1.807, 2.05) is 17.0 Å². The third-order valence-corrected chi connectivity index (χ3v) is 4.82. The smallest absolute Gasteiger partial charge is 0.256 e. The standard InChI is InChI=1S/C16H15N3OS/c20-16(13-9-18-15-12(13)3-1-6-17-15)19-7-2-4-14(19)11-5-8-21-10-11/h1,3,5-6,8-10,14H,2,4,7H2,(H,17,18). The zero-order chi connectivity index (χ0) is 14.2. The summed E-state index contributed by atoms with van der Waals surface area (Å²) in [6, 6.07) is 6.15. The van der Waals surface area contributed by atoms with Crippen LogP contribution in [0.15, 0.2) is 41.4 Å². The van der Waals surface area contributed by atoms with Crippen LogP contribution in [0.5, 0.6) is 0 Å². The molecule has 0 bridgehead atoms. The summed E-state index contributed by atoms with van der Waals surface area (Å²) in [6.45, 7) is 0.826. The second-order valence-corrected chi connectivity index (χ2v) is 6.10. The maximum Gasteiger partial charge on any atom is 0.256 e. The molecule has 0 aromatic carbocycles. The number of pyridine rings is 1. The number of hydrogen-bond donors (Lipinski definition) is 1. The molecular weight excluding hydrogens is 282 g/mol. The van der Waals surface area contributed by atoms with Crippen molar-refractivity contribution < 1.29 is 4.79 Å². The Hall–Kier alpha value is -2.14. The van der Waals surface area contributed by atoms with Crippen LogP contribution >= 0.6 is 11.3 Å². The minimum absolute atomic E-state index is 0.1000. The van der Waals surface area contributed by atoms with Crippen molar-refractivity contribution in [2.75, 3.05) is 6.54 Å². The maximum atomic E-state index is 12.9. The fourth-order valence-electron chi connectivity index (χ4n) is 3.11. The zero-order valence-corrected chi connectivity index (χ0v) is 12.3. The number of H-pyrrole nitrogens is 1. The molecule has 21 heavy (non-hydrogen) atoms. The lowest BCUT2D eigenvalue weighted by atomic mass is 10.1. The van der Waals surface area contributed by atoms with Gasteiger partial charge in [-0.3, -0.25) is 4.79 Å². The lowest BCUT2D eigenvalue weighted by Crippen LogP contribution is -2.30. The number of amides is 1. The Morgan fingerprint density at radius 1 is 1.43 bits per heavy atom. The van der Waals surface area contributed by atoms with Gasteiger partial charge in [-0.2, -0.15) is 11.3 Å². The molecule has 1 amide bonds. The summed E-state index contributed by atoms with van der Waals surface area (Å²) in [6.07, 6.45) is 5.62. The number of carbonyl (C=O) groups excluding carboxylic acids is 1. The minimum atomic E-state index is 0.1000. The molecule has 4 rings (SSSR count). The summed E-state index contributed by atoms with van der Waals surface area (Å²) in [5.74, 6) is 0.1000. The second-order valence-electron chi connectivity index (χ2n) is 5.32.